The number of fused-ring (bicyclic) bond motifs is 1. The highest BCUT2D eigenvalue weighted by molar-refractivity contribution is 7.89. The number of sulfonamides is 1. The van der Waals surface area contributed by atoms with Crippen molar-refractivity contribution in [3.05, 3.63) is 47.4 Å². The first-order valence-electron chi connectivity index (χ1n) is 8.17. The Labute approximate surface area is 150 Å². The fourth-order valence-electron chi connectivity index (χ4n) is 2.94. The van der Waals surface area contributed by atoms with Gasteiger partial charge < -0.3 is 0 Å². The Morgan fingerprint density at radius 2 is 2.08 bits per heavy atom. The van der Waals surface area contributed by atoms with Gasteiger partial charge in [-0.3, -0.25) is 4.79 Å². The zero-order valence-electron chi connectivity index (χ0n) is 14.3. The molecule has 1 aliphatic rings. The Morgan fingerprint density at radius 3 is 2.69 bits per heavy atom. The molecular formula is C17H17N5O3S. The quantitative estimate of drug-likeness (QED) is 0.748. The SMILES string of the molecule is Cc1nn(-c2ccccn2)c2nc(C3CC3)cc(C(=O)NS(C)(=O)=O)c12. The number of hydrogen-bond donors (Lipinski definition) is 1. The van der Waals surface area contributed by atoms with E-state index < -0.39 is 15.9 Å². The first-order valence-corrected chi connectivity index (χ1v) is 10.1. The molecule has 26 heavy (non-hydrogen) atoms. The number of nitrogens with zero attached hydrogens (tertiary/aromatic N) is 4. The van der Waals surface area contributed by atoms with Crippen LogP contribution in [0.15, 0.2) is 30.5 Å². The molecule has 1 amide bonds. The van der Waals surface area contributed by atoms with Crippen molar-refractivity contribution < 1.29 is 13.2 Å². The number of carbonyl (C=O) groups is 1. The standard InChI is InChI=1S/C17H17N5O3S/c1-10-15-12(17(23)21-26(2,24)25)9-13(11-6-7-11)19-16(15)22(20-10)14-5-3-4-8-18-14/h3-5,8-9,11H,6-7H2,1-2H3,(H,21,23). The van der Waals surface area contributed by atoms with Crippen molar-refractivity contribution in [3.8, 4) is 5.82 Å². The van der Waals surface area contributed by atoms with Crippen molar-refractivity contribution in [3.63, 3.8) is 0 Å². The molecule has 3 heterocycles. The summed E-state index contributed by atoms with van der Waals surface area (Å²) in [6.45, 7) is 1.76. The van der Waals surface area contributed by atoms with Crippen LogP contribution in [0.4, 0.5) is 0 Å². The topological polar surface area (TPSA) is 107 Å². The van der Waals surface area contributed by atoms with Crippen LogP contribution < -0.4 is 4.72 Å². The molecule has 1 N–H and O–H groups in total. The summed E-state index contributed by atoms with van der Waals surface area (Å²) >= 11 is 0. The molecule has 9 heteroatoms. The van der Waals surface area contributed by atoms with Gasteiger partial charge in [-0.2, -0.15) is 9.78 Å². The van der Waals surface area contributed by atoms with Crippen LogP contribution in [0.25, 0.3) is 16.9 Å². The minimum atomic E-state index is -3.68. The van der Waals surface area contributed by atoms with Crippen LogP contribution >= 0.6 is 0 Å². The maximum atomic E-state index is 12.6. The van der Waals surface area contributed by atoms with E-state index >= 15 is 0 Å². The number of amides is 1. The lowest BCUT2D eigenvalue weighted by atomic mass is 10.1. The smallest absolute Gasteiger partial charge is 0.265 e. The molecule has 0 atom stereocenters. The normalized spacial score (nSPS) is 14.5. The maximum Gasteiger partial charge on any atom is 0.265 e. The lowest BCUT2D eigenvalue weighted by Gasteiger charge is -2.08. The zero-order valence-corrected chi connectivity index (χ0v) is 15.1. The summed E-state index contributed by atoms with van der Waals surface area (Å²) in [5.74, 6) is 0.197. The van der Waals surface area contributed by atoms with E-state index in [1.165, 1.54) is 0 Å². The minimum absolute atomic E-state index is 0.266. The van der Waals surface area contributed by atoms with E-state index in [4.69, 9.17) is 4.98 Å². The fourth-order valence-corrected chi connectivity index (χ4v) is 3.38. The van der Waals surface area contributed by atoms with Gasteiger partial charge in [0.25, 0.3) is 5.91 Å². The Hall–Kier alpha value is -2.81. The number of aromatic nitrogens is 4. The average molecular weight is 371 g/mol. The monoisotopic (exact) mass is 371 g/mol. The zero-order chi connectivity index (χ0) is 18.5. The number of pyridine rings is 2. The number of nitrogens with one attached hydrogen (secondary N) is 1. The van der Waals surface area contributed by atoms with Gasteiger partial charge in [-0.1, -0.05) is 6.07 Å². The fraction of sp³-hybridized carbons (Fsp3) is 0.294. The van der Waals surface area contributed by atoms with E-state index in [0.29, 0.717) is 22.5 Å². The van der Waals surface area contributed by atoms with Crippen LogP contribution in [0.1, 0.15) is 40.5 Å². The Morgan fingerprint density at radius 1 is 1.31 bits per heavy atom. The lowest BCUT2D eigenvalue weighted by molar-refractivity contribution is 0.0983. The number of aryl methyl sites for hydroxylation is 1. The predicted octanol–water partition coefficient (Wildman–Crippen LogP) is 1.69. The van der Waals surface area contributed by atoms with Gasteiger partial charge in [0.2, 0.25) is 10.0 Å². The molecule has 0 aliphatic heterocycles. The van der Waals surface area contributed by atoms with Crippen molar-refractivity contribution in [2.24, 2.45) is 0 Å². The number of rotatable bonds is 4. The van der Waals surface area contributed by atoms with Crippen LogP contribution in [0.5, 0.6) is 0 Å². The molecule has 0 unspecified atom stereocenters. The van der Waals surface area contributed by atoms with Crippen molar-refractivity contribution in [2.45, 2.75) is 25.7 Å². The molecule has 134 valence electrons. The molecule has 3 aromatic rings. The third-order valence-electron chi connectivity index (χ3n) is 4.22. The average Bonchev–Trinajstić information content (AvgIpc) is 3.38. The van der Waals surface area contributed by atoms with Crippen LogP contribution in [-0.4, -0.2) is 40.3 Å². The van der Waals surface area contributed by atoms with Crippen molar-refractivity contribution >= 4 is 27.0 Å². The molecule has 1 aliphatic carbocycles. The number of hydrogen-bond acceptors (Lipinski definition) is 6. The summed E-state index contributed by atoms with van der Waals surface area (Å²) in [5, 5.41) is 5.01. The molecule has 4 rings (SSSR count). The second kappa shape index (κ2) is 5.87. The Bertz CT molecular complexity index is 1120. The second-order valence-electron chi connectivity index (χ2n) is 6.46. The van der Waals surface area contributed by atoms with E-state index in [1.54, 1.807) is 36.0 Å². The first kappa shape index (κ1) is 16.6. The van der Waals surface area contributed by atoms with E-state index in [9.17, 15) is 13.2 Å². The van der Waals surface area contributed by atoms with Gasteiger partial charge in [-0.15, -0.1) is 0 Å². The third-order valence-corrected chi connectivity index (χ3v) is 4.77. The second-order valence-corrected chi connectivity index (χ2v) is 8.20. The largest absolute Gasteiger partial charge is 0.268 e. The summed E-state index contributed by atoms with van der Waals surface area (Å²) in [5.41, 5.74) is 2.12. The molecule has 0 aromatic carbocycles. The van der Waals surface area contributed by atoms with E-state index in [-0.39, 0.29) is 11.5 Å². The summed E-state index contributed by atoms with van der Waals surface area (Å²) in [4.78, 5) is 21.6. The lowest BCUT2D eigenvalue weighted by Crippen LogP contribution is -2.29. The maximum absolute atomic E-state index is 12.6. The predicted molar refractivity (Wildman–Crippen MR) is 95.7 cm³/mol. The van der Waals surface area contributed by atoms with E-state index in [1.807, 2.05) is 10.8 Å². The van der Waals surface area contributed by atoms with Gasteiger partial charge in [0.05, 0.1) is 22.9 Å². The summed E-state index contributed by atoms with van der Waals surface area (Å²) in [6, 6.07) is 7.12. The molecule has 0 bridgehead atoms. The summed E-state index contributed by atoms with van der Waals surface area (Å²) < 4.78 is 26.7. The molecule has 1 saturated carbocycles. The summed E-state index contributed by atoms with van der Waals surface area (Å²) in [7, 11) is -3.68. The third kappa shape index (κ3) is 3.05. The van der Waals surface area contributed by atoms with Crippen molar-refractivity contribution in [1.29, 1.82) is 0 Å². The molecule has 3 aromatic heterocycles. The highest BCUT2D eigenvalue weighted by atomic mass is 32.2. The number of carbonyl (C=O) groups excluding carboxylic acids is 1. The van der Waals surface area contributed by atoms with Crippen LogP contribution in [0.3, 0.4) is 0 Å². The van der Waals surface area contributed by atoms with Gasteiger partial charge >= 0.3 is 0 Å². The van der Waals surface area contributed by atoms with Crippen LogP contribution in [-0.2, 0) is 10.0 Å². The molecule has 8 nitrogen and oxygen atoms in total. The highest BCUT2D eigenvalue weighted by Crippen LogP contribution is 2.40. The molecule has 1 fully saturated rings. The van der Waals surface area contributed by atoms with Gasteiger partial charge in [0.1, 0.15) is 0 Å². The van der Waals surface area contributed by atoms with Crippen molar-refractivity contribution in [1.82, 2.24) is 24.5 Å². The van der Waals surface area contributed by atoms with Gasteiger partial charge in [0, 0.05) is 17.8 Å². The van der Waals surface area contributed by atoms with Gasteiger partial charge in [-0.05, 0) is 38.0 Å². The highest BCUT2D eigenvalue weighted by Gasteiger charge is 2.29. The van der Waals surface area contributed by atoms with Gasteiger partial charge in [0.15, 0.2) is 11.5 Å². The van der Waals surface area contributed by atoms with Crippen molar-refractivity contribution in [2.75, 3.05) is 6.26 Å². The summed E-state index contributed by atoms with van der Waals surface area (Å²) in [6.07, 6.45) is 4.61. The first-order chi connectivity index (χ1) is 12.3. The van der Waals surface area contributed by atoms with Gasteiger partial charge in [-0.25, -0.2) is 23.1 Å². The minimum Gasteiger partial charge on any atom is -0.268 e. The van der Waals surface area contributed by atoms with Crippen LogP contribution in [0, 0.1) is 6.92 Å². The van der Waals surface area contributed by atoms with E-state index in [0.717, 1.165) is 24.8 Å². The molecule has 0 radical (unpaired) electrons. The van der Waals surface area contributed by atoms with E-state index in [2.05, 4.69) is 10.1 Å². The Kier molecular flexibility index (Phi) is 3.76. The molecular weight excluding hydrogens is 354 g/mol. The molecule has 0 saturated heterocycles. The van der Waals surface area contributed by atoms with Crippen LogP contribution in [0.2, 0.25) is 0 Å². The Balaban J connectivity index is 1.97. The molecule has 0 spiro atoms.